The normalized spacial score (nSPS) is 27.2. The lowest BCUT2D eigenvalue weighted by Gasteiger charge is -2.23. The standard InChI is InChI=1S/C17H13F3N2O3S/c18-17(19,20)9-3-4-10-11(6-9)26-16(21-10)22-14(23)12-7-1-2-8(5-7)13(12)15(24)25/h1-4,6-8,12-13H,5H2,(H,24,25)(H,21,22,23). The Morgan fingerprint density at radius 1 is 1.19 bits per heavy atom. The summed E-state index contributed by atoms with van der Waals surface area (Å²) < 4.78 is 38.7. The molecule has 4 unspecified atom stereocenters. The van der Waals surface area contributed by atoms with E-state index in [0.717, 1.165) is 23.5 Å². The molecule has 1 fully saturated rings. The minimum Gasteiger partial charge on any atom is -0.481 e. The summed E-state index contributed by atoms with van der Waals surface area (Å²) >= 11 is 0.936. The van der Waals surface area contributed by atoms with Crippen molar-refractivity contribution >= 4 is 38.6 Å². The third-order valence-electron chi connectivity index (χ3n) is 4.99. The minimum absolute atomic E-state index is 0.132. The summed E-state index contributed by atoms with van der Waals surface area (Å²) in [5.74, 6) is -3.23. The van der Waals surface area contributed by atoms with Crippen molar-refractivity contribution in [2.75, 3.05) is 5.32 Å². The Labute approximate surface area is 149 Å². The van der Waals surface area contributed by atoms with E-state index in [4.69, 9.17) is 0 Å². The Balaban J connectivity index is 1.58. The number of nitrogens with zero attached hydrogens (tertiary/aromatic N) is 1. The molecular weight excluding hydrogens is 369 g/mol. The number of hydrogen-bond donors (Lipinski definition) is 2. The fraction of sp³-hybridized carbons (Fsp3) is 0.353. The number of hydrogen-bond acceptors (Lipinski definition) is 4. The Morgan fingerprint density at radius 2 is 1.88 bits per heavy atom. The van der Waals surface area contributed by atoms with E-state index in [2.05, 4.69) is 10.3 Å². The van der Waals surface area contributed by atoms with Crippen molar-refractivity contribution in [2.45, 2.75) is 12.6 Å². The number of anilines is 1. The van der Waals surface area contributed by atoms with Crippen molar-refractivity contribution in [3.05, 3.63) is 35.9 Å². The molecule has 136 valence electrons. The van der Waals surface area contributed by atoms with E-state index in [1.54, 1.807) is 0 Å². The van der Waals surface area contributed by atoms with Crippen LogP contribution in [0.2, 0.25) is 0 Å². The summed E-state index contributed by atoms with van der Waals surface area (Å²) in [7, 11) is 0. The van der Waals surface area contributed by atoms with Crippen LogP contribution >= 0.6 is 11.3 Å². The topological polar surface area (TPSA) is 79.3 Å². The van der Waals surface area contributed by atoms with Gasteiger partial charge >= 0.3 is 12.1 Å². The van der Waals surface area contributed by atoms with Gasteiger partial charge in [-0.2, -0.15) is 13.2 Å². The number of carbonyl (C=O) groups is 2. The lowest BCUT2D eigenvalue weighted by Crippen LogP contribution is -2.36. The van der Waals surface area contributed by atoms with Crippen molar-refractivity contribution < 1.29 is 27.9 Å². The number of benzene rings is 1. The van der Waals surface area contributed by atoms with E-state index in [9.17, 15) is 27.9 Å². The lowest BCUT2D eigenvalue weighted by molar-refractivity contribution is -0.146. The first-order chi connectivity index (χ1) is 12.2. The van der Waals surface area contributed by atoms with Gasteiger partial charge < -0.3 is 10.4 Å². The van der Waals surface area contributed by atoms with Crippen LogP contribution in [0.4, 0.5) is 18.3 Å². The molecule has 2 aromatic rings. The highest BCUT2D eigenvalue weighted by atomic mass is 32.1. The van der Waals surface area contributed by atoms with E-state index in [0.29, 0.717) is 16.6 Å². The number of aromatic nitrogens is 1. The van der Waals surface area contributed by atoms with Gasteiger partial charge in [0.05, 0.1) is 27.6 Å². The maximum absolute atomic E-state index is 12.8. The number of carboxylic acids is 1. The number of amides is 1. The van der Waals surface area contributed by atoms with Gasteiger partial charge in [-0.05, 0) is 36.5 Å². The van der Waals surface area contributed by atoms with Crippen molar-refractivity contribution in [3.8, 4) is 0 Å². The number of aliphatic carboxylic acids is 1. The van der Waals surface area contributed by atoms with Crippen LogP contribution in [-0.4, -0.2) is 22.0 Å². The maximum atomic E-state index is 12.8. The SMILES string of the molecule is O=C(O)C1C2C=CC(C2)C1C(=O)Nc1nc2ccc(C(F)(F)F)cc2s1. The quantitative estimate of drug-likeness (QED) is 0.792. The molecule has 2 bridgehead atoms. The van der Waals surface area contributed by atoms with Crippen LogP contribution in [0.3, 0.4) is 0 Å². The van der Waals surface area contributed by atoms with Crippen molar-refractivity contribution in [1.29, 1.82) is 0 Å². The minimum atomic E-state index is -4.45. The van der Waals surface area contributed by atoms with Crippen LogP contribution in [0.1, 0.15) is 12.0 Å². The molecule has 4 rings (SSSR count). The van der Waals surface area contributed by atoms with Gasteiger partial charge in [0.15, 0.2) is 5.13 Å². The van der Waals surface area contributed by atoms with E-state index in [-0.39, 0.29) is 17.0 Å². The number of carboxylic acid groups (broad SMARTS) is 1. The van der Waals surface area contributed by atoms with E-state index in [1.807, 2.05) is 12.2 Å². The third-order valence-corrected chi connectivity index (χ3v) is 5.93. The molecule has 0 spiro atoms. The van der Waals surface area contributed by atoms with Gasteiger partial charge in [0.2, 0.25) is 5.91 Å². The molecule has 2 aliphatic rings. The molecule has 9 heteroatoms. The Kier molecular flexibility index (Phi) is 3.80. The zero-order valence-corrected chi connectivity index (χ0v) is 14.0. The second-order valence-electron chi connectivity index (χ2n) is 6.53. The largest absolute Gasteiger partial charge is 0.481 e. The average Bonchev–Trinajstić information content (AvgIpc) is 3.25. The molecule has 5 nitrogen and oxygen atoms in total. The lowest BCUT2D eigenvalue weighted by atomic mass is 9.82. The predicted molar refractivity (Wildman–Crippen MR) is 88.6 cm³/mol. The smallest absolute Gasteiger partial charge is 0.416 e. The highest BCUT2D eigenvalue weighted by Crippen LogP contribution is 2.48. The first kappa shape index (κ1) is 17.0. The molecule has 1 saturated carbocycles. The van der Waals surface area contributed by atoms with Gasteiger partial charge in [-0.1, -0.05) is 23.5 Å². The van der Waals surface area contributed by atoms with Crippen LogP contribution in [0.15, 0.2) is 30.4 Å². The Bertz CT molecular complexity index is 937. The number of rotatable bonds is 3. The van der Waals surface area contributed by atoms with Gasteiger partial charge in [-0.25, -0.2) is 4.98 Å². The first-order valence-electron chi connectivity index (χ1n) is 7.94. The molecule has 1 amide bonds. The molecule has 0 aliphatic heterocycles. The molecule has 0 saturated heterocycles. The molecule has 2 aliphatic carbocycles. The van der Waals surface area contributed by atoms with Crippen molar-refractivity contribution in [3.63, 3.8) is 0 Å². The molecule has 0 radical (unpaired) electrons. The second kappa shape index (κ2) is 5.80. The van der Waals surface area contributed by atoms with Gasteiger partial charge in [0.1, 0.15) is 0 Å². The highest BCUT2D eigenvalue weighted by molar-refractivity contribution is 7.22. The highest BCUT2D eigenvalue weighted by Gasteiger charge is 2.51. The fourth-order valence-corrected chi connectivity index (χ4v) is 4.77. The van der Waals surface area contributed by atoms with Gasteiger partial charge in [0, 0.05) is 0 Å². The zero-order valence-electron chi connectivity index (χ0n) is 13.2. The zero-order chi connectivity index (χ0) is 18.6. The van der Waals surface area contributed by atoms with E-state index in [1.165, 1.54) is 6.07 Å². The number of alkyl halides is 3. The number of thiazole rings is 1. The van der Waals surface area contributed by atoms with Crippen LogP contribution < -0.4 is 5.32 Å². The summed E-state index contributed by atoms with van der Waals surface area (Å²) in [6.45, 7) is 0. The molecule has 1 aromatic heterocycles. The average molecular weight is 382 g/mol. The number of nitrogens with one attached hydrogen (secondary N) is 1. The molecular formula is C17H13F3N2O3S. The van der Waals surface area contributed by atoms with Gasteiger partial charge in [0.25, 0.3) is 0 Å². The van der Waals surface area contributed by atoms with Crippen LogP contribution in [-0.2, 0) is 15.8 Å². The van der Waals surface area contributed by atoms with E-state index >= 15 is 0 Å². The molecule has 1 heterocycles. The molecule has 1 aromatic carbocycles. The number of halogens is 3. The summed E-state index contributed by atoms with van der Waals surface area (Å²) in [5.41, 5.74) is -0.434. The van der Waals surface area contributed by atoms with Crippen LogP contribution in [0, 0.1) is 23.7 Å². The summed E-state index contributed by atoms with van der Waals surface area (Å²) in [6.07, 6.45) is -0.124. The molecule has 2 N–H and O–H groups in total. The monoisotopic (exact) mass is 382 g/mol. The summed E-state index contributed by atoms with van der Waals surface area (Å²) in [5, 5.41) is 12.2. The summed E-state index contributed by atoms with van der Waals surface area (Å²) in [4.78, 5) is 28.2. The van der Waals surface area contributed by atoms with Gasteiger partial charge in [-0.3, -0.25) is 9.59 Å². The molecule has 26 heavy (non-hydrogen) atoms. The fourth-order valence-electron chi connectivity index (χ4n) is 3.86. The second-order valence-corrected chi connectivity index (χ2v) is 7.56. The number of fused-ring (bicyclic) bond motifs is 3. The van der Waals surface area contributed by atoms with Gasteiger partial charge in [-0.15, -0.1) is 0 Å². The number of allylic oxidation sites excluding steroid dienone is 2. The predicted octanol–water partition coefficient (Wildman–Crippen LogP) is 3.78. The van der Waals surface area contributed by atoms with Crippen molar-refractivity contribution in [1.82, 2.24) is 4.98 Å². The molecule has 4 atom stereocenters. The Morgan fingerprint density at radius 3 is 2.54 bits per heavy atom. The van der Waals surface area contributed by atoms with E-state index < -0.39 is 35.5 Å². The van der Waals surface area contributed by atoms with Crippen LogP contribution in [0.25, 0.3) is 10.2 Å². The first-order valence-corrected chi connectivity index (χ1v) is 8.75. The van der Waals surface area contributed by atoms with Crippen LogP contribution in [0.5, 0.6) is 0 Å². The third kappa shape index (κ3) is 2.76. The van der Waals surface area contributed by atoms with Crippen molar-refractivity contribution in [2.24, 2.45) is 23.7 Å². The Hall–Kier alpha value is -2.42. The summed E-state index contributed by atoms with van der Waals surface area (Å²) in [6, 6.07) is 3.18. The number of carbonyl (C=O) groups excluding carboxylic acids is 1. The maximum Gasteiger partial charge on any atom is 0.416 e.